The average Bonchev–Trinajstić information content (AvgIpc) is 3.32. The molecule has 1 heterocycles. The number of halogens is 3. The molecule has 1 aromatic heterocycles. The van der Waals surface area contributed by atoms with Crippen LogP contribution in [-0.4, -0.2) is 24.0 Å². The van der Waals surface area contributed by atoms with Crippen molar-refractivity contribution < 1.29 is 32.6 Å². The van der Waals surface area contributed by atoms with Gasteiger partial charge in [0.2, 0.25) is 0 Å². The fraction of sp³-hybridized carbons (Fsp3) is 0.368. The number of alkyl halides is 3. The van der Waals surface area contributed by atoms with Gasteiger partial charge in [0.05, 0.1) is 22.4 Å². The standard InChI is InChI=1S/C19H17F3O4S/c1-26-16-14(9-11-3-2-4-12(7-11)19(20,21)22)27-17(15(16)18(24)25)13(23)8-10-5-6-10/h2-4,7,10H,5-6,8-9H2,1H3,(H,24,25). The lowest BCUT2D eigenvalue weighted by molar-refractivity contribution is -0.137. The Bertz CT molecular complexity index is 882. The van der Waals surface area contributed by atoms with E-state index in [0.29, 0.717) is 16.4 Å². The Balaban J connectivity index is 1.97. The van der Waals surface area contributed by atoms with Gasteiger partial charge in [-0.25, -0.2) is 4.79 Å². The number of aromatic carboxylic acids is 1. The van der Waals surface area contributed by atoms with Gasteiger partial charge < -0.3 is 9.84 Å². The first-order chi connectivity index (χ1) is 12.7. The van der Waals surface area contributed by atoms with Crippen LogP contribution in [0.15, 0.2) is 24.3 Å². The predicted molar refractivity (Wildman–Crippen MR) is 93.8 cm³/mol. The number of carboxylic acids is 1. The highest BCUT2D eigenvalue weighted by molar-refractivity contribution is 7.14. The maximum atomic E-state index is 12.9. The number of hydrogen-bond donors (Lipinski definition) is 1. The molecule has 4 nitrogen and oxygen atoms in total. The van der Waals surface area contributed by atoms with Crippen molar-refractivity contribution in [3.63, 3.8) is 0 Å². The molecule has 3 rings (SSSR count). The third-order valence-electron chi connectivity index (χ3n) is 4.39. The molecule has 1 saturated carbocycles. The molecule has 0 radical (unpaired) electrons. The van der Waals surface area contributed by atoms with Crippen LogP contribution in [0.2, 0.25) is 0 Å². The van der Waals surface area contributed by atoms with Gasteiger partial charge in [0.15, 0.2) is 5.78 Å². The van der Waals surface area contributed by atoms with E-state index < -0.39 is 17.7 Å². The minimum absolute atomic E-state index is 0.0454. The normalized spacial score (nSPS) is 14.2. The molecule has 0 saturated heterocycles. The lowest BCUT2D eigenvalue weighted by atomic mass is 10.0. The quantitative estimate of drug-likeness (QED) is 0.663. The van der Waals surface area contributed by atoms with Crippen molar-refractivity contribution in [2.45, 2.75) is 31.9 Å². The number of ketones is 1. The smallest absolute Gasteiger partial charge is 0.416 e. The molecule has 1 fully saturated rings. The molecule has 144 valence electrons. The number of carboxylic acid groups (broad SMARTS) is 1. The first-order valence-corrected chi connectivity index (χ1v) is 9.14. The highest BCUT2D eigenvalue weighted by Gasteiger charge is 2.33. The summed E-state index contributed by atoms with van der Waals surface area (Å²) in [6, 6.07) is 4.82. The Hall–Kier alpha value is -2.35. The zero-order chi connectivity index (χ0) is 19.8. The van der Waals surface area contributed by atoms with Crippen LogP contribution < -0.4 is 4.74 Å². The molecule has 0 unspecified atom stereocenters. The predicted octanol–water partition coefficient (Wildman–Crippen LogP) is 5.05. The summed E-state index contributed by atoms with van der Waals surface area (Å²) in [7, 11) is 1.29. The maximum Gasteiger partial charge on any atom is 0.416 e. The summed E-state index contributed by atoms with van der Waals surface area (Å²) in [5.41, 5.74) is -0.614. The lowest BCUT2D eigenvalue weighted by Gasteiger charge is -2.09. The largest absolute Gasteiger partial charge is 0.495 e. The highest BCUT2D eigenvalue weighted by atomic mass is 32.1. The van der Waals surface area contributed by atoms with E-state index in [2.05, 4.69) is 0 Å². The summed E-state index contributed by atoms with van der Waals surface area (Å²) in [6.07, 6.45) is -2.23. The minimum atomic E-state index is -4.47. The second kappa shape index (κ2) is 7.34. The first-order valence-electron chi connectivity index (χ1n) is 8.33. The molecule has 0 atom stereocenters. The van der Waals surface area contributed by atoms with Crippen LogP contribution in [0.4, 0.5) is 13.2 Å². The number of ether oxygens (including phenoxy) is 1. The average molecular weight is 398 g/mol. The van der Waals surface area contributed by atoms with Crippen molar-refractivity contribution in [1.29, 1.82) is 0 Å². The molecule has 0 amide bonds. The van der Waals surface area contributed by atoms with E-state index in [-0.39, 0.29) is 34.8 Å². The molecule has 1 aromatic carbocycles. The Morgan fingerprint density at radius 1 is 1.30 bits per heavy atom. The summed E-state index contributed by atoms with van der Waals surface area (Å²) < 4.78 is 44.0. The summed E-state index contributed by atoms with van der Waals surface area (Å²) in [6.45, 7) is 0. The summed E-state index contributed by atoms with van der Waals surface area (Å²) >= 11 is 0.988. The maximum absolute atomic E-state index is 12.9. The Labute approximate surface area is 157 Å². The van der Waals surface area contributed by atoms with Gasteiger partial charge in [0.1, 0.15) is 11.3 Å². The lowest BCUT2D eigenvalue weighted by Crippen LogP contribution is -2.07. The second-order valence-corrected chi connectivity index (χ2v) is 7.62. The van der Waals surface area contributed by atoms with E-state index in [1.807, 2.05) is 0 Å². The minimum Gasteiger partial charge on any atom is -0.495 e. The molecule has 0 aliphatic heterocycles. The van der Waals surface area contributed by atoms with Crippen molar-refractivity contribution in [2.75, 3.05) is 7.11 Å². The topological polar surface area (TPSA) is 63.6 Å². The number of carbonyl (C=O) groups excluding carboxylic acids is 1. The highest BCUT2D eigenvalue weighted by Crippen LogP contribution is 2.41. The third-order valence-corrected chi connectivity index (χ3v) is 5.61. The van der Waals surface area contributed by atoms with Crippen molar-refractivity contribution in [3.05, 3.63) is 50.7 Å². The summed E-state index contributed by atoms with van der Waals surface area (Å²) in [4.78, 5) is 24.7. The van der Waals surface area contributed by atoms with Gasteiger partial charge >= 0.3 is 12.1 Å². The number of Topliss-reactive ketones (excluding diaryl/α,β-unsaturated/α-hetero) is 1. The number of hydrogen-bond acceptors (Lipinski definition) is 4. The molecule has 0 spiro atoms. The van der Waals surface area contributed by atoms with Gasteiger partial charge in [-0.3, -0.25) is 4.79 Å². The Morgan fingerprint density at radius 3 is 2.56 bits per heavy atom. The van der Waals surface area contributed by atoms with E-state index in [1.165, 1.54) is 19.2 Å². The number of thiophene rings is 1. The third kappa shape index (κ3) is 4.32. The number of carbonyl (C=O) groups is 2. The molecule has 1 N–H and O–H groups in total. The van der Waals surface area contributed by atoms with Crippen LogP contribution in [0.1, 0.15) is 55.3 Å². The van der Waals surface area contributed by atoms with Gasteiger partial charge in [-0.05, 0) is 30.4 Å². The van der Waals surface area contributed by atoms with Crippen LogP contribution in [0.3, 0.4) is 0 Å². The van der Waals surface area contributed by atoms with Gasteiger partial charge in [-0.15, -0.1) is 11.3 Å². The van der Waals surface area contributed by atoms with Crippen molar-refractivity contribution in [3.8, 4) is 5.75 Å². The van der Waals surface area contributed by atoms with Crippen molar-refractivity contribution in [2.24, 2.45) is 5.92 Å². The van der Waals surface area contributed by atoms with Crippen LogP contribution >= 0.6 is 11.3 Å². The number of methoxy groups -OCH3 is 1. The molecule has 27 heavy (non-hydrogen) atoms. The van der Waals surface area contributed by atoms with E-state index in [9.17, 15) is 27.9 Å². The first kappa shape index (κ1) is 19.4. The molecule has 2 aromatic rings. The Kier molecular flexibility index (Phi) is 5.28. The summed E-state index contributed by atoms with van der Waals surface area (Å²) in [5, 5.41) is 9.53. The number of benzene rings is 1. The van der Waals surface area contributed by atoms with E-state index in [1.54, 1.807) is 0 Å². The van der Waals surface area contributed by atoms with Crippen LogP contribution in [-0.2, 0) is 12.6 Å². The molecule has 0 bridgehead atoms. The zero-order valence-electron chi connectivity index (χ0n) is 14.4. The van der Waals surface area contributed by atoms with E-state index in [4.69, 9.17) is 4.74 Å². The van der Waals surface area contributed by atoms with Gasteiger partial charge in [0, 0.05) is 12.8 Å². The SMILES string of the molecule is COc1c(Cc2cccc(C(F)(F)F)c2)sc(C(=O)CC2CC2)c1C(=O)O. The fourth-order valence-electron chi connectivity index (χ4n) is 2.91. The molecule has 1 aliphatic carbocycles. The Morgan fingerprint density at radius 2 is 2.00 bits per heavy atom. The number of rotatable bonds is 7. The van der Waals surface area contributed by atoms with Crippen LogP contribution in [0.5, 0.6) is 5.75 Å². The molecular weight excluding hydrogens is 381 g/mol. The fourth-order valence-corrected chi connectivity index (χ4v) is 4.15. The molecular formula is C19H17F3O4S. The van der Waals surface area contributed by atoms with E-state index in [0.717, 1.165) is 36.3 Å². The molecule has 8 heteroatoms. The van der Waals surface area contributed by atoms with Crippen LogP contribution in [0, 0.1) is 5.92 Å². The van der Waals surface area contributed by atoms with Crippen molar-refractivity contribution >= 4 is 23.1 Å². The molecule has 1 aliphatic rings. The monoisotopic (exact) mass is 398 g/mol. The van der Waals surface area contributed by atoms with Crippen molar-refractivity contribution in [1.82, 2.24) is 0 Å². The second-order valence-electron chi connectivity index (χ2n) is 6.51. The summed E-state index contributed by atoms with van der Waals surface area (Å²) in [5.74, 6) is -1.20. The van der Waals surface area contributed by atoms with Gasteiger partial charge in [-0.2, -0.15) is 13.2 Å². The van der Waals surface area contributed by atoms with Gasteiger partial charge in [-0.1, -0.05) is 18.2 Å². The zero-order valence-corrected chi connectivity index (χ0v) is 15.2. The van der Waals surface area contributed by atoms with Crippen LogP contribution in [0.25, 0.3) is 0 Å². The van der Waals surface area contributed by atoms with E-state index >= 15 is 0 Å². The van der Waals surface area contributed by atoms with Gasteiger partial charge in [0.25, 0.3) is 0 Å².